The van der Waals surface area contributed by atoms with Crippen molar-refractivity contribution in [2.45, 2.75) is 12.8 Å². The Labute approximate surface area is 139 Å². The lowest BCUT2D eigenvalue weighted by atomic mass is 10.0. The minimum absolute atomic E-state index is 0.0837. The molecule has 1 fully saturated rings. The van der Waals surface area contributed by atoms with E-state index in [1.54, 1.807) is 6.07 Å². The van der Waals surface area contributed by atoms with Gasteiger partial charge >= 0.3 is 0 Å². The van der Waals surface area contributed by atoms with Gasteiger partial charge in [0.2, 0.25) is 5.91 Å². The summed E-state index contributed by atoms with van der Waals surface area (Å²) in [4.78, 5) is 20.3. The normalized spacial score (nSPS) is 16.8. The van der Waals surface area contributed by atoms with E-state index in [0.29, 0.717) is 35.2 Å². The first-order chi connectivity index (χ1) is 11.7. The van der Waals surface area contributed by atoms with E-state index in [1.807, 2.05) is 0 Å². The Morgan fingerprint density at radius 3 is 3.04 bits per heavy atom. The summed E-state index contributed by atoms with van der Waals surface area (Å²) in [6.45, 7) is 1.82. The van der Waals surface area contributed by atoms with Gasteiger partial charge in [-0.05, 0) is 43.6 Å². The largest absolute Gasteiger partial charge is 0.496 e. The first-order valence-electron chi connectivity index (χ1n) is 7.82. The number of methoxy groups -OCH3 is 1. The first kappa shape index (κ1) is 16.3. The van der Waals surface area contributed by atoms with Gasteiger partial charge in [-0.15, -0.1) is 0 Å². The Hall–Kier alpha value is -2.54. The smallest absolute Gasteiger partial charge is 0.225 e. The van der Waals surface area contributed by atoms with E-state index in [-0.39, 0.29) is 11.7 Å². The number of carbonyl (C=O) groups is 1. The molecule has 1 aromatic heterocycles. The van der Waals surface area contributed by atoms with Crippen LogP contribution in [0.25, 0.3) is 11.3 Å². The molecule has 1 saturated heterocycles. The van der Waals surface area contributed by atoms with Crippen molar-refractivity contribution in [3.8, 4) is 17.0 Å². The molecule has 1 amide bonds. The van der Waals surface area contributed by atoms with Gasteiger partial charge in [0, 0.05) is 18.1 Å². The highest BCUT2D eigenvalue weighted by molar-refractivity contribution is 5.90. The number of halogens is 1. The van der Waals surface area contributed by atoms with Crippen molar-refractivity contribution in [2.24, 2.45) is 5.92 Å². The van der Waals surface area contributed by atoms with Gasteiger partial charge < -0.3 is 15.4 Å². The van der Waals surface area contributed by atoms with E-state index >= 15 is 0 Å². The second-order valence-corrected chi connectivity index (χ2v) is 5.74. The maximum absolute atomic E-state index is 13.5. The molecule has 0 radical (unpaired) electrons. The molecule has 126 valence electrons. The number of ether oxygens (including phenoxy) is 1. The maximum atomic E-state index is 13.5. The first-order valence-corrected chi connectivity index (χ1v) is 7.82. The van der Waals surface area contributed by atoms with Crippen molar-refractivity contribution in [1.82, 2.24) is 15.3 Å². The summed E-state index contributed by atoms with van der Waals surface area (Å²) in [5, 5.41) is 6.01. The predicted octanol–water partition coefficient (Wildman–Crippen LogP) is 2.23. The van der Waals surface area contributed by atoms with Crippen molar-refractivity contribution in [1.29, 1.82) is 0 Å². The molecule has 0 saturated carbocycles. The number of hydrogen-bond acceptors (Lipinski definition) is 5. The number of nitrogens with zero attached hydrogens (tertiary/aromatic N) is 2. The summed E-state index contributed by atoms with van der Waals surface area (Å²) >= 11 is 0. The fraction of sp³-hybridized carbons (Fsp3) is 0.353. The van der Waals surface area contributed by atoms with Crippen molar-refractivity contribution >= 4 is 11.7 Å². The second kappa shape index (κ2) is 7.35. The highest BCUT2D eigenvalue weighted by atomic mass is 19.1. The van der Waals surface area contributed by atoms with Gasteiger partial charge in [-0.2, -0.15) is 0 Å². The Balaban J connectivity index is 1.76. The second-order valence-electron chi connectivity index (χ2n) is 5.74. The maximum Gasteiger partial charge on any atom is 0.225 e. The lowest BCUT2D eigenvalue weighted by molar-refractivity contribution is -0.117. The topological polar surface area (TPSA) is 76.1 Å². The van der Waals surface area contributed by atoms with Crippen LogP contribution >= 0.6 is 0 Å². The Morgan fingerprint density at radius 1 is 1.42 bits per heavy atom. The lowest BCUT2D eigenvalue weighted by Crippen LogP contribution is -2.19. The molecule has 1 atom stereocenters. The molecule has 1 aliphatic heterocycles. The van der Waals surface area contributed by atoms with E-state index in [4.69, 9.17) is 4.74 Å². The molecule has 1 unspecified atom stereocenters. The minimum atomic E-state index is -0.385. The average molecular weight is 330 g/mol. The Morgan fingerprint density at radius 2 is 2.29 bits per heavy atom. The molecule has 1 aliphatic rings. The monoisotopic (exact) mass is 330 g/mol. The van der Waals surface area contributed by atoms with Gasteiger partial charge in [-0.3, -0.25) is 4.79 Å². The van der Waals surface area contributed by atoms with Crippen molar-refractivity contribution < 1.29 is 13.9 Å². The van der Waals surface area contributed by atoms with Crippen LogP contribution in [-0.4, -0.2) is 36.1 Å². The zero-order valence-corrected chi connectivity index (χ0v) is 13.4. The predicted molar refractivity (Wildman–Crippen MR) is 88.2 cm³/mol. The van der Waals surface area contributed by atoms with Crippen LogP contribution in [0.5, 0.6) is 5.75 Å². The SMILES string of the molecule is COc1ccc(F)cc1-c1cc(NC(=O)CC2CCNC2)ncn1. The molecule has 2 N–H and O–H groups in total. The number of amides is 1. The van der Waals surface area contributed by atoms with E-state index in [2.05, 4.69) is 20.6 Å². The molecular formula is C17H19FN4O2. The third-order valence-corrected chi connectivity index (χ3v) is 4.01. The summed E-state index contributed by atoms with van der Waals surface area (Å²) in [5.74, 6) is 0.782. The molecule has 24 heavy (non-hydrogen) atoms. The van der Waals surface area contributed by atoms with Gasteiger partial charge in [0.15, 0.2) is 0 Å². The zero-order valence-electron chi connectivity index (χ0n) is 13.4. The Kier molecular flexibility index (Phi) is 5.00. The van der Waals surface area contributed by atoms with Crippen LogP contribution in [0.2, 0.25) is 0 Å². The van der Waals surface area contributed by atoms with Crippen molar-refractivity contribution in [2.75, 3.05) is 25.5 Å². The molecule has 7 heteroatoms. The molecule has 0 aliphatic carbocycles. The standard InChI is InChI=1S/C17H19FN4O2/c1-24-15-3-2-12(18)7-13(15)14-8-16(21-10-20-14)22-17(23)6-11-4-5-19-9-11/h2-3,7-8,10-11,19H,4-6,9H2,1H3,(H,20,21,22,23). The van der Waals surface area contributed by atoms with Gasteiger partial charge in [0.1, 0.15) is 23.7 Å². The third-order valence-electron chi connectivity index (χ3n) is 4.01. The molecule has 0 spiro atoms. The molecule has 1 aromatic carbocycles. The number of carbonyl (C=O) groups excluding carboxylic acids is 1. The van der Waals surface area contributed by atoms with Gasteiger partial charge in [0.25, 0.3) is 0 Å². The van der Waals surface area contributed by atoms with Crippen LogP contribution in [0.3, 0.4) is 0 Å². The van der Waals surface area contributed by atoms with Gasteiger partial charge in [-0.25, -0.2) is 14.4 Å². The average Bonchev–Trinajstić information content (AvgIpc) is 3.08. The van der Waals surface area contributed by atoms with Crippen LogP contribution in [0.1, 0.15) is 12.8 Å². The van der Waals surface area contributed by atoms with Crippen LogP contribution in [0.15, 0.2) is 30.6 Å². The van der Waals surface area contributed by atoms with Gasteiger partial charge in [-0.1, -0.05) is 0 Å². The molecule has 6 nitrogen and oxygen atoms in total. The number of aromatic nitrogens is 2. The Bertz CT molecular complexity index is 732. The zero-order chi connectivity index (χ0) is 16.9. The number of rotatable bonds is 5. The number of benzene rings is 1. The summed E-state index contributed by atoms with van der Waals surface area (Å²) in [7, 11) is 1.51. The third kappa shape index (κ3) is 3.86. The number of anilines is 1. The summed E-state index contributed by atoms with van der Waals surface area (Å²) in [6.07, 6.45) is 2.80. The number of hydrogen-bond donors (Lipinski definition) is 2. The number of nitrogens with one attached hydrogen (secondary N) is 2. The van der Waals surface area contributed by atoms with Crippen LogP contribution in [-0.2, 0) is 4.79 Å². The fourth-order valence-corrected chi connectivity index (χ4v) is 2.80. The van der Waals surface area contributed by atoms with E-state index in [9.17, 15) is 9.18 Å². The molecular weight excluding hydrogens is 311 g/mol. The molecule has 2 heterocycles. The molecule has 2 aromatic rings. The fourth-order valence-electron chi connectivity index (χ4n) is 2.80. The van der Waals surface area contributed by atoms with Crippen LogP contribution in [0, 0.1) is 11.7 Å². The van der Waals surface area contributed by atoms with Gasteiger partial charge in [0.05, 0.1) is 12.8 Å². The van der Waals surface area contributed by atoms with E-state index in [1.165, 1.54) is 31.6 Å². The van der Waals surface area contributed by atoms with Crippen LogP contribution in [0.4, 0.5) is 10.2 Å². The highest BCUT2D eigenvalue weighted by Crippen LogP contribution is 2.30. The van der Waals surface area contributed by atoms with Crippen molar-refractivity contribution in [3.05, 3.63) is 36.4 Å². The highest BCUT2D eigenvalue weighted by Gasteiger charge is 2.18. The van der Waals surface area contributed by atoms with E-state index in [0.717, 1.165) is 19.5 Å². The minimum Gasteiger partial charge on any atom is -0.496 e. The van der Waals surface area contributed by atoms with E-state index < -0.39 is 0 Å². The molecule has 3 rings (SSSR count). The van der Waals surface area contributed by atoms with Crippen molar-refractivity contribution in [3.63, 3.8) is 0 Å². The quantitative estimate of drug-likeness (QED) is 0.879. The molecule has 0 bridgehead atoms. The summed E-state index contributed by atoms with van der Waals surface area (Å²) in [6, 6.07) is 5.82. The van der Waals surface area contributed by atoms with Crippen LogP contribution < -0.4 is 15.4 Å². The summed E-state index contributed by atoms with van der Waals surface area (Å²) < 4.78 is 18.8. The summed E-state index contributed by atoms with van der Waals surface area (Å²) in [5.41, 5.74) is 0.995. The lowest BCUT2D eigenvalue weighted by Gasteiger charge is -2.11.